The summed E-state index contributed by atoms with van der Waals surface area (Å²) in [5, 5.41) is 0. The Morgan fingerprint density at radius 2 is 1.71 bits per heavy atom. The molecule has 21 heavy (non-hydrogen) atoms. The lowest BCUT2D eigenvalue weighted by Crippen LogP contribution is -2.23. The average molecular weight is 292 g/mol. The molecule has 3 nitrogen and oxygen atoms in total. The summed E-state index contributed by atoms with van der Waals surface area (Å²) >= 11 is 0. The Morgan fingerprint density at radius 3 is 2.29 bits per heavy atom. The SMILES string of the molecule is COCC(CCCCC(C)C)OC(=O)c1ccc(C)cc1. The number of carbonyl (C=O) groups excluding carboxylic acids is 1. The lowest BCUT2D eigenvalue weighted by atomic mass is 10.0. The summed E-state index contributed by atoms with van der Waals surface area (Å²) < 4.78 is 10.7. The maximum atomic E-state index is 12.1. The van der Waals surface area contributed by atoms with Gasteiger partial charge in [-0.05, 0) is 37.8 Å². The van der Waals surface area contributed by atoms with Crippen molar-refractivity contribution in [1.82, 2.24) is 0 Å². The molecule has 1 atom stereocenters. The van der Waals surface area contributed by atoms with Gasteiger partial charge in [-0.15, -0.1) is 0 Å². The van der Waals surface area contributed by atoms with E-state index in [9.17, 15) is 4.79 Å². The fourth-order valence-corrected chi connectivity index (χ4v) is 2.20. The summed E-state index contributed by atoms with van der Waals surface area (Å²) in [6, 6.07) is 7.45. The van der Waals surface area contributed by atoms with Crippen LogP contribution >= 0.6 is 0 Å². The van der Waals surface area contributed by atoms with Gasteiger partial charge in [-0.1, -0.05) is 44.4 Å². The van der Waals surface area contributed by atoms with Gasteiger partial charge >= 0.3 is 5.97 Å². The van der Waals surface area contributed by atoms with E-state index >= 15 is 0 Å². The molecule has 0 heterocycles. The van der Waals surface area contributed by atoms with Crippen molar-refractivity contribution >= 4 is 5.97 Å². The number of benzene rings is 1. The summed E-state index contributed by atoms with van der Waals surface area (Å²) in [5.74, 6) is 0.460. The molecule has 0 saturated carbocycles. The van der Waals surface area contributed by atoms with E-state index in [-0.39, 0.29) is 12.1 Å². The molecular formula is C18H28O3. The van der Waals surface area contributed by atoms with Gasteiger partial charge in [-0.2, -0.15) is 0 Å². The van der Waals surface area contributed by atoms with Gasteiger partial charge in [0.05, 0.1) is 12.2 Å². The predicted octanol–water partition coefficient (Wildman–Crippen LogP) is 4.38. The van der Waals surface area contributed by atoms with Crippen molar-refractivity contribution in [1.29, 1.82) is 0 Å². The molecule has 1 unspecified atom stereocenters. The molecule has 1 aromatic rings. The number of hydrogen-bond donors (Lipinski definition) is 0. The zero-order valence-electron chi connectivity index (χ0n) is 13.7. The Labute approximate surface area is 128 Å². The average Bonchev–Trinajstić information content (AvgIpc) is 2.44. The van der Waals surface area contributed by atoms with Crippen LogP contribution in [0, 0.1) is 12.8 Å². The van der Waals surface area contributed by atoms with Crippen LogP contribution in [0.2, 0.25) is 0 Å². The van der Waals surface area contributed by atoms with Crippen molar-refractivity contribution in [2.75, 3.05) is 13.7 Å². The number of hydrogen-bond acceptors (Lipinski definition) is 3. The molecule has 0 aliphatic rings. The van der Waals surface area contributed by atoms with Crippen molar-refractivity contribution in [2.24, 2.45) is 5.92 Å². The monoisotopic (exact) mass is 292 g/mol. The molecule has 118 valence electrons. The zero-order chi connectivity index (χ0) is 15.7. The smallest absolute Gasteiger partial charge is 0.338 e. The van der Waals surface area contributed by atoms with Crippen molar-refractivity contribution in [3.8, 4) is 0 Å². The van der Waals surface area contributed by atoms with E-state index in [0.29, 0.717) is 12.2 Å². The second-order valence-electron chi connectivity index (χ2n) is 6.03. The van der Waals surface area contributed by atoms with Crippen LogP contribution < -0.4 is 0 Å². The molecule has 0 spiro atoms. The lowest BCUT2D eigenvalue weighted by molar-refractivity contribution is 0.00232. The van der Waals surface area contributed by atoms with Crippen molar-refractivity contribution in [3.63, 3.8) is 0 Å². The van der Waals surface area contributed by atoms with Crippen LogP contribution in [0.3, 0.4) is 0 Å². The fourth-order valence-electron chi connectivity index (χ4n) is 2.20. The lowest BCUT2D eigenvalue weighted by Gasteiger charge is -2.17. The molecule has 0 aromatic heterocycles. The maximum absolute atomic E-state index is 12.1. The van der Waals surface area contributed by atoms with Crippen LogP contribution in [-0.4, -0.2) is 25.8 Å². The second-order valence-corrected chi connectivity index (χ2v) is 6.03. The van der Waals surface area contributed by atoms with E-state index < -0.39 is 0 Å². The Kier molecular flexibility index (Phi) is 8.06. The first-order valence-electron chi connectivity index (χ1n) is 7.79. The molecule has 0 radical (unpaired) electrons. The van der Waals surface area contributed by atoms with Crippen LogP contribution in [0.1, 0.15) is 55.5 Å². The Balaban J connectivity index is 2.45. The molecule has 0 saturated heterocycles. The van der Waals surface area contributed by atoms with E-state index in [1.807, 2.05) is 19.1 Å². The molecule has 3 heteroatoms. The molecule has 1 aromatic carbocycles. The topological polar surface area (TPSA) is 35.5 Å². The number of carbonyl (C=O) groups is 1. The highest BCUT2D eigenvalue weighted by atomic mass is 16.6. The van der Waals surface area contributed by atoms with Crippen LogP contribution in [0.25, 0.3) is 0 Å². The van der Waals surface area contributed by atoms with Crippen LogP contribution in [-0.2, 0) is 9.47 Å². The summed E-state index contributed by atoms with van der Waals surface area (Å²) in [6.45, 7) is 6.91. The third kappa shape index (κ3) is 7.28. The van der Waals surface area contributed by atoms with Crippen molar-refractivity contribution in [2.45, 2.75) is 52.6 Å². The fraction of sp³-hybridized carbons (Fsp3) is 0.611. The quantitative estimate of drug-likeness (QED) is 0.500. The summed E-state index contributed by atoms with van der Waals surface area (Å²) in [7, 11) is 1.64. The van der Waals surface area contributed by atoms with Crippen LogP contribution in [0.15, 0.2) is 24.3 Å². The predicted molar refractivity (Wildman–Crippen MR) is 85.6 cm³/mol. The summed E-state index contributed by atoms with van der Waals surface area (Å²) in [6.07, 6.45) is 4.15. The van der Waals surface area contributed by atoms with E-state index in [0.717, 1.165) is 24.3 Å². The zero-order valence-corrected chi connectivity index (χ0v) is 13.7. The van der Waals surface area contributed by atoms with Gasteiger partial charge in [0.25, 0.3) is 0 Å². The standard InChI is InChI=1S/C18H28O3/c1-14(2)7-5-6-8-17(13-20-4)21-18(19)16-11-9-15(3)10-12-16/h9-12,14,17H,5-8,13H2,1-4H3. The van der Waals surface area contributed by atoms with Crippen molar-refractivity contribution in [3.05, 3.63) is 35.4 Å². The summed E-state index contributed by atoms with van der Waals surface area (Å²) in [5.41, 5.74) is 1.73. The molecular weight excluding hydrogens is 264 g/mol. The minimum atomic E-state index is -0.263. The van der Waals surface area contributed by atoms with Gasteiger partial charge in [0.15, 0.2) is 0 Å². The number of unbranched alkanes of at least 4 members (excludes halogenated alkanes) is 1. The van der Waals surface area contributed by atoms with Gasteiger partial charge in [-0.3, -0.25) is 0 Å². The highest BCUT2D eigenvalue weighted by molar-refractivity contribution is 5.89. The Hall–Kier alpha value is -1.35. The van der Waals surface area contributed by atoms with Gasteiger partial charge in [-0.25, -0.2) is 4.79 Å². The van der Waals surface area contributed by atoms with Crippen LogP contribution in [0.4, 0.5) is 0 Å². The van der Waals surface area contributed by atoms with Gasteiger partial charge in [0.2, 0.25) is 0 Å². The third-order valence-corrected chi connectivity index (χ3v) is 3.47. The number of methoxy groups -OCH3 is 1. The number of rotatable bonds is 9. The first-order valence-corrected chi connectivity index (χ1v) is 7.79. The molecule has 0 aliphatic carbocycles. The minimum absolute atomic E-state index is 0.157. The molecule has 0 amide bonds. The van der Waals surface area contributed by atoms with Crippen molar-refractivity contribution < 1.29 is 14.3 Å². The number of ether oxygens (including phenoxy) is 2. The molecule has 1 rings (SSSR count). The molecule has 0 aliphatic heterocycles. The highest BCUT2D eigenvalue weighted by Gasteiger charge is 2.15. The third-order valence-electron chi connectivity index (χ3n) is 3.47. The van der Waals surface area contributed by atoms with E-state index in [4.69, 9.17) is 9.47 Å². The Bertz CT molecular complexity index is 409. The first kappa shape index (κ1) is 17.7. The van der Waals surface area contributed by atoms with Gasteiger partial charge < -0.3 is 9.47 Å². The van der Waals surface area contributed by atoms with Gasteiger partial charge in [0.1, 0.15) is 6.10 Å². The molecule has 0 fully saturated rings. The highest BCUT2D eigenvalue weighted by Crippen LogP contribution is 2.14. The first-order chi connectivity index (χ1) is 10.0. The normalized spacial score (nSPS) is 12.4. The largest absolute Gasteiger partial charge is 0.456 e. The van der Waals surface area contributed by atoms with E-state index in [1.165, 1.54) is 12.8 Å². The van der Waals surface area contributed by atoms with Gasteiger partial charge in [0, 0.05) is 7.11 Å². The Morgan fingerprint density at radius 1 is 1.10 bits per heavy atom. The minimum Gasteiger partial charge on any atom is -0.456 e. The maximum Gasteiger partial charge on any atom is 0.338 e. The molecule has 0 N–H and O–H groups in total. The second kappa shape index (κ2) is 9.56. The number of aryl methyl sites for hydroxylation is 1. The van der Waals surface area contributed by atoms with Crippen LogP contribution in [0.5, 0.6) is 0 Å². The summed E-state index contributed by atoms with van der Waals surface area (Å²) in [4.78, 5) is 12.1. The number of esters is 1. The van der Waals surface area contributed by atoms with E-state index in [2.05, 4.69) is 13.8 Å². The van der Waals surface area contributed by atoms with E-state index in [1.54, 1.807) is 19.2 Å². The molecule has 0 bridgehead atoms.